The molecule has 0 saturated carbocycles. The van der Waals surface area contributed by atoms with E-state index in [1.807, 2.05) is 12.1 Å². The van der Waals surface area contributed by atoms with Gasteiger partial charge < -0.3 is 31.7 Å². The molecule has 0 spiro atoms. The number of benzene rings is 2. The van der Waals surface area contributed by atoms with Crippen molar-refractivity contribution in [2.75, 3.05) is 76.5 Å². The maximum atomic E-state index is 12.7. The molecule has 15 heteroatoms. The largest absolute Gasteiger partial charge is 0.480 e. The zero-order valence-electron chi connectivity index (χ0n) is 25.1. The van der Waals surface area contributed by atoms with E-state index in [1.165, 1.54) is 21.6 Å². The molecule has 0 aromatic heterocycles. The van der Waals surface area contributed by atoms with Gasteiger partial charge in [0, 0.05) is 44.0 Å². The number of carboxylic acid groups (broad SMARTS) is 3. The highest BCUT2D eigenvalue weighted by atomic mass is 16.4. The number of nitrogens with one attached hydrogen (secondary N) is 2. The number of Topliss-reactive ketones (excluding diaryl/α,β-unsaturated/α-hetero) is 1. The highest BCUT2D eigenvalue weighted by Gasteiger charge is 2.20. The Hall–Kier alpha value is -4.86. The van der Waals surface area contributed by atoms with Crippen molar-refractivity contribution in [3.8, 4) is 0 Å². The zero-order chi connectivity index (χ0) is 33.4. The van der Waals surface area contributed by atoms with Crippen molar-refractivity contribution in [3.05, 3.63) is 59.7 Å². The van der Waals surface area contributed by atoms with Gasteiger partial charge in [0.05, 0.1) is 38.4 Å². The number of carboxylic acids is 3. The maximum Gasteiger partial charge on any atom is 0.317 e. The minimum Gasteiger partial charge on any atom is -0.480 e. The number of hydrogen-bond donors (Lipinski definition) is 6. The van der Waals surface area contributed by atoms with Crippen LogP contribution < -0.4 is 16.4 Å². The fourth-order valence-electron chi connectivity index (χ4n) is 4.42. The molecule has 2 aromatic carbocycles. The molecule has 0 saturated heterocycles. The maximum absolute atomic E-state index is 12.7. The van der Waals surface area contributed by atoms with Crippen molar-refractivity contribution in [2.24, 2.45) is 0 Å². The summed E-state index contributed by atoms with van der Waals surface area (Å²) in [6, 6.07) is 13.6. The fourth-order valence-corrected chi connectivity index (χ4v) is 4.42. The normalized spacial score (nSPS) is 11.0. The van der Waals surface area contributed by atoms with Gasteiger partial charge in [0.15, 0.2) is 5.78 Å². The molecule has 0 aliphatic carbocycles. The first-order chi connectivity index (χ1) is 21.3. The number of aliphatic carboxylic acids is 3. The number of carbonyl (C=O) groups excluding carboxylic acids is 3. The third-order valence-electron chi connectivity index (χ3n) is 6.57. The lowest BCUT2D eigenvalue weighted by atomic mass is 10.1. The molecular weight excluding hydrogens is 588 g/mol. The molecule has 2 rings (SSSR count). The number of nitrogens with zero attached hydrogens (tertiary/aromatic N) is 3. The molecule has 0 aliphatic heterocycles. The third kappa shape index (κ3) is 14.9. The Bertz CT molecular complexity index is 1340. The number of ketones is 1. The van der Waals surface area contributed by atoms with Gasteiger partial charge in [-0.2, -0.15) is 0 Å². The second-order valence-electron chi connectivity index (χ2n) is 10.4. The number of carbonyl (C=O) groups is 6. The predicted molar refractivity (Wildman–Crippen MR) is 165 cm³/mol. The van der Waals surface area contributed by atoms with E-state index in [4.69, 9.17) is 5.73 Å². The van der Waals surface area contributed by atoms with E-state index in [-0.39, 0.29) is 50.7 Å². The Kier molecular flexibility index (Phi) is 15.1. The molecule has 45 heavy (non-hydrogen) atoms. The highest BCUT2D eigenvalue weighted by Crippen LogP contribution is 2.15. The smallest absolute Gasteiger partial charge is 0.317 e. The molecule has 0 heterocycles. The van der Waals surface area contributed by atoms with E-state index in [0.717, 1.165) is 5.56 Å². The Balaban J connectivity index is 1.97. The molecule has 0 unspecified atom stereocenters. The van der Waals surface area contributed by atoms with Gasteiger partial charge in [-0.15, -0.1) is 0 Å². The number of nitrogen functional groups attached to an aromatic ring is 1. The summed E-state index contributed by atoms with van der Waals surface area (Å²) in [5.41, 5.74) is 7.84. The van der Waals surface area contributed by atoms with E-state index in [9.17, 15) is 44.1 Å². The summed E-state index contributed by atoms with van der Waals surface area (Å²) < 4.78 is 0. The summed E-state index contributed by atoms with van der Waals surface area (Å²) in [5, 5.41) is 33.5. The Morgan fingerprint density at radius 1 is 0.667 bits per heavy atom. The first-order valence-corrected chi connectivity index (χ1v) is 14.2. The van der Waals surface area contributed by atoms with E-state index >= 15 is 0 Å². The van der Waals surface area contributed by atoms with Crippen molar-refractivity contribution < 1.29 is 44.1 Å². The van der Waals surface area contributed by atoms with Crippen LogP contribution in [0.15, 0.2) is 48.5 Å². The summed E-state index contributed by atoms with van der Waals surface area (Å²) >= 11 is 0. The second-order valence-corrected chi connectivity index (χ2v) is 10.4. The van der Waals surface area contributed by atoms with Crippen LogP contribution in [0.3, 0.4) is 0 Å². The van der Waals surface area contributed by atoms with Gasteiger partial charge in [0.25, 0.3) is 0 Å². The summed E-state index contributed by atoms with van der Waals surface area (Å²) in [7, 11) is 0. The molecule has 0 bridgehead atoms. The lowest BCUT2D eigenvalue weighted by Gasteiger charge is -2.28. The zero-order valence-corrected chi connectivity index (χ0v) is 25.1. The van der Waals surface area contributed by atoms with E-state index in [1.54, 1.807) is 36.4 Å². The third-order valence-corrected chi connectivity index (χ3v) is 6.57. The standard InChI is InChI=1S/C30H40N6O9/c1-21(37)24-4-2-3-5-25(24)33-27(39)17-36(20-30(44)45)15-13-34(18-28(40)41)12-14-35(19-29(42)43)16-26(38)32-11-10-22-6-8-23(31)9-7-22/h2-9H,10-20,31H2,1H3,(H,32,38)(H,33,39)(H,40,41)(H,42,43)(H,44,45). The lowest BCUT2D eigenvalue weighted by Crippen LogP contribution is -2.47. The number of rotatable bonds is 21. The molecule has 15 nitrogen and oxygen atoms in total. The van der Waals surface area contributed by atoms with Crippen LogP contribution in [0.4, 0.5) is 11.4 Å². The van der Waals surface area contributed by atoms with Crippen molar-refractivity contribution in [1.29, 1.82) is 0 Å². The molecule has 0 fully saturated rings. The van der Waals surface area contributed by atoms with Gasteiger partial charge in [-0.1, -0.05) is 24.3 Å². The van der Waals surface area contributed by atoms with E-state index in [0.29, 0.717) is 24.2 Å². The minimum atomic E-state index is -1.20. The topological polar surface area (TPSA) is 223 Å². The molecule has 0 aliphatic rings. The van der Waals surface area contributed by atoms with Gasteiger partial charge in [-0.3, -0.25) is 43.5 Å². The first-order valence-electron chi connectivity index (χ1n) is 14.2. The summed E-state index contributed by atoms with van der Waals surface area (Å²) in [6.07, 6.45) is 0.547. The number of nitrogens with two attached hydrogens (primary N) is 1. The minimum absolute atomic E-state index is 0.00803. The van der Waals surface area contributed by atoms with Crippen LogP contribution in [-0.4, -0.2) is 131 Å². The molecule has 244 valence electrons. The number of hydrogen-bond acceptors (Lipinski definition) is 10. The van der Waals surface area contributed by atoms with Gasteiger partial charge in [0.1, 0.15) is 0 Å². The van der Waals surface area contributed by atoms with Crippen LogP contribution in [0.2, 0.25) is 0 Å². The van der Waals surface area contributed by atoms with Crippen LogP contribution in [0.5, 0.6) is 0 Å². The van der Waals surface area contributed by atoms with Gasteiger partial charge in [-0.25, -0.2) is 0 Å². The fraction of sp³-hybridized carbons (Fsp3) is 0.400. The SMILES string of the molecule is CC(=O)c1ccccc1NC(=O)CN(CCN(CCN(CC(=O)O)CC(=O)NCCc1ccc(N)cc1)CC(=O)O)CC(=O)O. The van der Waals surface area contributed by atoms with E-state index < -0.39 is 49.4 Å². The summed E-state index contributed by atoms with van der Waals surface area (Å²) in [4.78, 5) is 75.7. The number of amides is 2. The average molecular weight is 629 g/mol. The van der Waals surface area contributed by atoms with Crippen LogP contribution in [0.25, 0.3) is 0 Å². The average Bonchev–Trinajstić information content (AvgIpc) is 2.94. The van der Waals surface area contributed by atoms with Gasteiger partial charge in [0.2, 0.25) is 11.8 Å². The van der Waals surface area contributed by atoms with Gasteiger partial charge >= 0.3 is 17.9 Å². The van der Waals surface area contributed by atoms with Crippen molar-refractivity contribution in [3.63, 3.8) is 0 Å². The van der Waals surface area contributed by atoms with Crippen molar-refractivity contribution in [2.45, 2.75) is 13.3 Å². The van der Waals surface area contributed by atoms with Crippen LogP contribution >= 0.6 is 0 Å². The molecule has 0 atom stereocenters. The van der Waals surface area contributed by atoms with E-state index in [2.05, 4.69) is 10.6 Å². The van der Waals surface area contributed by atoms with Crippen LogP contribution in [-0.2, 0) is 30.4 Å². The van der Waals surface area contributed by atoms with Gasteiger partial charge in [-0.05, 0) is 43.2 Å². The molecule has 2 amide bonds. The number of para-hydroxylation sites is 1. The molecule has 2 aromatic rings. The predicted octanol–water partition coefficient (Wildman–Crippen LogP) is -0.0714. The van der Waals surface area contributed by atoms with Crippen LogP contribution in [0, 0.1) is 0 Å². The monoisotopic (exact) mass is 628 g/mol. The Labute approximate surface area is 260 Å². The summed E-state index contributed by atoms with van der Waals surface area (Å²) in [6.45, 7) is -0.199. The first kappa shape index (κ1) is 36.3. The van der Waals surface area contributed by atoms with Crippen molar-refractivity contribution in [1.82, 2.24) is 20.0 Å². The van der Waals surface area contributed by atoms with Crippen LogP contribution in [0.1, 0.15) is 22.8 Å². The van der Waals surface area contributed by atoms with Crippen molar-refractivity contribution >= 4 is 46.9 Å². The quantitative estimate of drug-likeness (QED) is 0.0788. The Morgan fingerprint density at radius 2 is 1.16 bits per heavy atom. The lowest BCUT2D eigenvalue weighted by molar-refractivity contribution is -0.141. The second kappa shape index (κ2) is 18.7. The molecule has 0 radical (unpaired) electrons. The molecular formula is C30H40N6O9. The number of anilines is 2. The molecule has 7 N–H and O–H groups in total. The Morgan fingerprint density at radius 3 is 1.69 bits per heavy atom. The highest BCUT2D eigenvalue weighted by molar-refractivity contribution is 6.04. The summed E-state index contributed by atoms with van der Waals surface area (Å²) in [5.74, 6) is -4.76.